The summed E-state index contributed by atoms with van der Waals surface area (Å²) in [6.45, 7) is 0.406. The average molecular weight is 401 g/mol. The van der Waals surface area contributed by atoms with Crippen LogP contribution in [0.15, 0.2) is 53.5 Å². The average Bonchev–Trinajstić information content (AvgIpc) is 2.69. The maximum atomic E-state index is 13.1. The number of rotatable bonds is 6. The quantitative estimate of drug-likeness (QED) is 0.807. The number of thioether (sulfide) groups is 1. The summed E-state index contributed by atoms with van der Waals surface area (Å²) in [5.41, 5.74) is 6.93. The van der Waals surface area contributed by atoms with Crippen LogP contribution in [-0.4, -0.2) is 40.8 Å². The van der Waals surface area contributed by atoms with Crippen molar-refractivity contribution in [2.24, 2.45) is 10.7 Å². The highest BCUT2D eigenvalue weighted by molar-refractivity contribution is 8.15. The van der Waals surface area contributed by atoms with E-state index in [1.165, 1.54) is 24.3 Å². The number of methoxy groups -OCH3 is 1. The number of nitrogens with two attached hydrogens (primary N) is 1. The fraction of sp³-hybridized carbons (Fsp3) is 0.250. The summed E-state index contributed by atoms with van der Waals surface area (Å²) in [6, 6.07) is 13.2. The van der Waals surface area contributed by atoms with Crippen LogP contribution in [0.2, 0.25) is 0 Å². The van der Waals surface area contributed by atoms with Gasteiger partial charge in [0.15, 0.2) is 5.17 Å². The van der Waals surface area contributed by atoms with Gasteiger partial charge in [0.05, 0.1) is 18.0 Å². The second-order valence-electron chi connectivity index (χ2n) is 6.23. The van der Waals surface area contributed by atoms with Crippen molar-refractivity contribution in [2.45, 2.75) is 18.1 Å². The fourth-order valence-corrected chi connectivity index (χ4v) is 3.81. The third kappa shape index (κ3) is 4.89. The molecule has 0 bridgehead atoms. The Balaban J connectivity index is 1.81. The standard InChI is InChI=1S/C20H20FN3O3S/c1-27-16-8-2-13(3-9-16)10-11-24-18(25)12-17(19(22)26)28-20(24)23-15-6-4-14(21)5-7-15/h2-9,17H,10-12H2,1H3,(H2,22,26)/t17-/m1/s1. The van der Waals surface area contributed by atoms with Gasteiger partial charge in [-0.15, -0.1) is 0 Å². The molecule has 28 heavy (non-hydrogen) atoms. The van der Waals surface area contributed by atoms with Crippen molar-refractivity contribution in [1.29, 1.82) is 0 Å². The second-order valence-corrected chi connectivity index (χ2v) is 7.40. The molecule has 0 radical (unpaired) electrons. The number of amides is 2. The SMILES string of the molecule is COc1ccc(CCN2C(=O)C[C@H](C(N)=O)SC2=Nc2ccc(F)cc2)cc1. The van der Waals surface area contributed by atoms with Gasteiger partial charge in [0.1, 0.15) is 11.6 Å². The van der Waals surface area contributed by atoms with Gasteiger partial charge in [0.25, 0.3) is 0 Å². The summed E-state index contributed by atoms with van der Waals surface area (Å²) in [7, 11) is 1.60. The van der Waals surface area contributed by atoms with Crippen molar-refractivity contribution < 1.29 is 18.7 Å². The Kier molecular flexibility index (Phi) is 6.30. The number of ether oxygens (including phenoxy) is 1. The number of carbonyl (C=O) groups excluding carboxylic acids is 2. The van der Waals surface area contributed by atoms with Gasteiger partial charge in [0, 0.05) is 13.0 Å². The normalized spacial score (nSPS) is 18.4. The lowest BCUT2D eigenvalue weighted by Crippen LogP contribution is -2.46. The Morgan fingerprint density at radius 2 is 1.93 bits per heavy atom. The molecule has 2 aromatic rings. The molecule has 1 fully saturated rings. The summed E-state index contributed by atoms with van der Waals surface area (Å²) >= 11 is 1.16. The third-order valence-corrected chi connectivity index (χ3v) is 5.50. The Bertz CT molecular complexity index is 885. The highest BCUT2D eigenvalue weighted by Crippen LogP contribution is 2.29. The number of nitrogens with zero attached hydrogens (tertiary/aromatic N) is 2. The molecule has 6 nitrogen and oxygen atoms in total. The topological polar surface area (TPSA) is 85.0 Å². The minimum atomic E-state index is -0.663. The van der Waals surface area contributed by atoms with Gasteiger partial charge in [0.2, 0.25) is 11.8 Å². The summed E-state index contributed by atoms with van der Waals surface area (Å²) in [5.74, 6) is -0.379. The maximum absolute atomic E-state index is 13.1. The molecular formula is C20H20FN3O3S. The molecule has 1 saturated heterocycles. The lowest BCUT2D eigenvalue weighted by Gasteiger charge is -2.31. The zero-order valence-corrected chi connectivity index (χ0v) is 16.1. The van der Waals surface area contributed by atoms with Gasteiger partial charge in [-0.05, 0) is 48.4 Å². The van der Waals surface area contributed by atoms with Crippen LogP contribution in [0, 0.1) is 5.82 Å². The molecular weight excluding hydrogens is 381 g/mol. The largest absolute Gasteiger partial charge is 0.497 e. The lowest BCUT2D eigenvalue weighted by atomic mass is 10.1. The summed E-state index contributed by atoms with van der Waals surface area (Å²) in [4.78, 5) is 30.2. The van der Waals surface area contributed by atoms with Crippen LogP contribution < -0.4 is 10.5 Å². The smallest absolute Gasteiger partial charge is 0.231 e. The first-order valence-electron chi connectivity index (χ1n) is 8.70. The van der Waals surface area contributed by atoms with Crippen LogP contribution >= 0.6 is 11.8 Å². The van der Waals surface area contributed by atoms with Crippen LogP contribution in [0.1, 0.15) is 12.0 Å². The van der Waals surface area contributed by atoms with E-state index in [1.807, 2.05) is 24.3 Å². The molecule has 0 aromatic heterocycles. The number of benzene rings is 2. The van der Waals surface area contributed by atoms with E-state index in [2.05, 4.69) is 4.99 Å². The first kappa shape index (κ1) is 19.9. The fourth-order valence-electron chi connectivity index (χ4n) is 2.73. The lowest BCUT2D eigenvalue weighted by molar-refractivity contribution is -0.129. The predicted octanol–water partition coefficient (Wildman–Crippen LogP) is 2.88. The molecule has 3 rings (SSSR count). The summed E-state index contributed by atoms with van der Waals surface area (Å²) < 4.78 is 18.3. The van der Waals surface area contributed by atoms with Crippen molar-refractivity contribution in [1.82, 2.24) is 4.90 Å². The van der Waals surface area contributed by atoms with Gasteiger partial charge >= 0.3 is 0 Å². The van der Waals surface area contributed by atoms with Crippen molar-refractivity contribution in [3.05, 3.63) is 59.9 Å². The highest BCUT2D eigenvalue weighted by atomic mass is 32.2. The minimum Gasteiger partial charge on any atom is -0.497 e. The maximum Gasteiger partial charge on any atom is 0.231 e. The molecule has 1 heterocycles. The number of hydrogen-bond acceptors (Lipinski definition) is 5. The summed E-state index contributed by atoms with van der Waals surface area (Å²) in [6.07, 6.45) is 0.644. The molecule has 1 aliphatic heterocycles. The molecule has 2 amide bonds. The molecule has 2 N–H and O–H groups in total. The van der Waals surface area contributed by atoms with Crippen LogP contribution in [0.4, 0.5) is 10.1 Å². The number of amidine groups is 1. The van der Waals surface area contributed by atoms with Crippen molar-refractivity contribution >= 4 is 34.4 Å². The Morgan fingerprint density at radius 1 is 1.25 bits per heavy atom. The van der Waals surface area contributed by atoms with E-state index in [9.17, 15) is 14.0 Å². The molecule has 0 saturated carbocycles. The van der Waals surface area contributed by atoms with E-state index in [0.717, 1.165) is 23.1 Å². The van der Waals surface area contributed by atoms with Gasteiger partial charge in [-0.1, -0.05) is 23.9 Å². The number of halogens is 1. The van der Waals surface area contributed by atoms with Crippen LogP contribution in [0.25, 0.3) is 0 Å². The van der Waals surface area contributed by atoms with Crippen LogP contribution in [0.5, 0.6) is 5.75 Å². The van der Waals surface area contributed by atoms with Gasteiger partial charge in [-0.3, -0.25) is 14.5 Å². The number of primary amides is 1. The summed E-state index contributed by atoms with van der Waals surface area (Å²) in [5, 5.41) is -0.274. The van der Waals surface area contributed by atoms with E-state index < -0.39 is 11.2 Å². The van der Waals surface area contributed by atoms with E-state index in [1.54, 1.807) is 12.0 Å². The van der Waals surface area contributed by atoms with Gasteiger partial charge < -0.3 is 10.5 Å². The first-order chi connectivity index (χ1) is 13.5. The van der Waals surface area contributed by atoms with Gasteiger partial charge in [-0.25, -0.2) is 9.38 Å². The van der Waals surface area contributed by atoms with E-state index in [-0.39, 0.29) is 18.1 Å². The zero-order valence-electron chi connectivity index (χ0n) is 15.3. The van der Waals surface area contributed by atoms with Crippen LogP contribution in [-0.2, 0) is 16.0 Å². The minimum absolute atomic E-state index is 0.0328. The van der Waals surface area contributed by atoms with E-state index in [0.29, 0.717) is 23.8 Å². The Labute approximate surface area is 166 Å². The molecule has 1 atom stereocenters. The Hall–Kier alpha value is -2.87. The van der Waals surface area contributed by atoms with Crippen molar-refractivity contribution in [2.75, 3.05) is 13.7 Å². The van der Waals surface area contributed by atoms with E-state index in [4.69, 9.17) is 10.5 Å². The van der Waals surface area contributed by atoms with Gasteiger partial charge in [-0.2, -0.15) is 0 Å². The van der Waals surface area contributed by atoms with E-state index >= 15 is 0 Å². The number of aliphatic imine (C=N–C) groups is 1. The van der Waals surface area contributed by atoms with Crippen molar-refractivity contribution in [3.8, 4) is 5.75 Å². The molecule has 0 aliphatic carbocycles. The monoisotopic (exact) mass is 401 g/mol. The second kappa shape index (κ2) is 8.88. The molecule has 1 aliphatic rings. The predicted molar refractivity (Wildman–Crippen MR) is 107 cm³/mol. The van der Waals surface area contributed by atoms with Crippen molar-refractivity contribution in [3.63, 3.8) is 0 Å². The number of hydrogen-bond donors (Lipinski definition) is 1. The first-order valence-corrected chi connectivity index (χ1v) is 9.58. The molecule has 8 heteroatoms. The molecule has 0 unspecified atom stereocenters. The Morgan fingerprint density at radius 3 is 2.54 bits per heavy atom. The molecule has 146 valence electrons. The molecule has 0 spiro atoms. The highest BCUT2D eigenvalue weighted by Gasteiger charge is 2.34. The third-order valence-electron chi connectivity index (χ3n) is 4.29. The number of carbonyl (C=O) groups is 2. The molecule has 2 aromatic carbocycles. The van der Waals surface area contributed by atoms with Crippen LogP contribution in [0.3, 0.4) is 0 Å². The zero-order chi connectivity index (χ0) is 20.1.